The van der Waals surface area contributed by atoms with Gasteiger partial charge < -0.3 is 18.8 Å². The number of fused-ring (bicyclic) bond motifs is 3. The van der Waals surface area contributed by atoms with Crippen molar-refractivity contribution in [3.63, 3.8) is 0 Å². The van der Waals surface area contributed by atoms with E-state index in [1.165, 1.54) is 19.9 Å². The van der Waals surface area contributed by atoms with Gasteiger partial charge >= 0.3 is 17.6 Å². The van der Waals surface area contributed by atoms with Crippen molar-refractivity contribution in [2.75, 3.05) is 6.54 Å². The predicted molar refractivity (Wildman–Crippen MR) is 125 cm³/mol. The van der Waals surface area contributed by atoms with E-state index in [4.69, 9.17) is 13.9 Å². The minimum absolute atomic E-state index is 0.000982. The van der Waals surface area contributed by atoms with E-state index in [0.717, 1.165) is 19.3 Å². The molecule has 1 aromatic carbocycles. The largest absolute Gasteiger partial charge is 0.423 e. The lowest BCUT2D eigenvalue weighted by Gasteiger charge is -2.39. The van der Waals surface area contributed by atoms with Crippen LogP contribution in [0.3, 0.4) is 0 Å². The number of nitrogens with zero attached hydrogens (tertiary/aromatic N) is 1. The number of ether oxygens (including phenoxy) is 2. The molecule has 8 heteroatoms. The maximum atomic E-state index is 13.4. The minimum atomic E-state index is -0.680. The highest BCUT2D eigenvalue weighted by molar-refractivity contribution is 5.92. The maximum absolute atomic E-state index is 13.4. The van der Waals surface area contributed by atoms with Crippen molar-refractivity contribution in [1.82, 2.24) is 4.90 Å². The Morgan fingerprint density at radius 3 is 2.41 bits per heavy atom. The molecular weight excluding hydrogens is 438 g/mol. The summed E-state index contributed by atoms with van der Waals surface area (Å²) in [6, 6.07) is 3.28. The number of carbonyl (C=O) groups is 3. The van der Waals surface area contributed by atoms with Crippen LogP contribution in [0, 0.1) is 17.8 Å². The fourth-order valence-electron chi connectivity index (χ4n) is 6.10. The summed E-state index contributed by atoms with van der Waals surface area (Å²) in [7, 11) is 0. The van der Waals surface area contributed by atoms with E-state index in [2.05, 4.69) is 20.8 Å². The molecule has 8 nitrogen and oxygen atoms in total. The van der Waals surface area contributed by atoms with Gasteiger partial charge in [0.2, 0.25) is 11.7 Å². The number of likely N-dealkylation sites (tertiary alicyclic amines) is 1. The molecule has 0 N–H and O–H groups in total. The highest BCUT2D eigenvalue weighted by Crippen LogP contribution is 2.52. The third-order valence-electron chi connectivity index (χ3n) is 6.94. The van der Waals surface area contributed by atoms with Gasteiger partial charge in [-0.05, 0) is 54.7 Å². The van der Waals surface area contributed by atoms with Crippen LogP contribution in [0.4, 0.5) is 0 Å². The molecule has 1 saturated heterocycles. The molecule has 0 unspecified atom stereocenters. The summed E-state index contributed by atoms with van der Waals surface area (Å²) in [5.74, 6) is -1.51. The van der Waals surface area contributed by atoms with E-state index in [1.807, 2.05) is 4.90 Å². The Morgan fingerprint density at radius 1 is 1.09 bits per heavy atom. The average molecular weight is 470 g/mol. The lowest BCUT2D eigenvalue weighted by Crippen LogP contribution is -2.39. The van der Waals surface area contributed by atoms with Crippen molar-refractivity contribution in [2.24, 2.45) is 10.8 Å². The zero-order chi connectivity index (χ0) is 25.0. The molecule has 1 aliphatic carbocycles. The normalized spacial score (nSPS) is 23.1. The van der Waals surface area contributed by atoms with Crippen LogP contribution in [-0.4, -0.2) is 35.3 Å². The van der Waals surface area contributed by atoms with Crippen LogP contribution in [0.2, 0.25) is 0 Å². The van der Waals surface area contributed by atoms with E-state index >= 15 is 0 Å². The van der Waals surface area contributed by atoms with Gasteiger partial charge in [-0.2, -0.15) is 0 Å². The Labute approximate surface area is 198 Å². The molecule has 1 saturated carbocycles. The molecule has 2 fully saturated rings. The molecule has 1 aliphatic heterocycles. The first kappa shape index (κ1) is 24.0. The summed E-state index contributed by atoms with van der Waals surface area (Å²) >= 11 is 0. The van der Waals surface area contributed by atoms with E-state index in [9.17, 15) is 19.2 Å². The van der Waals surface area contributed by atoms with Crippen LogP contribution < -0.4 is 15.1 Å². The van der Waals surface area contributed by atoms with Crippen molar-refractivity contribution in [3.8, 4) is 11.5 Å². The van der Waals surface area contributed by atoms with Gasteiger partial charge in [-0.25, -0.2) is 4.79 Å². The van der Waals surface area contributed by atoms with Crippen molar-refractivity contribution < 1.29 is 28.3 Å². The molecule has 0 spiro atoms. The molecule has 182 valence electrons. The molecule has 1 aromatic heterocycles. The van der Waals surface area contributed by atoms with Crippen molar-refractivity contribution >= 4 is 28.8 Å². The number of rotatable bonds is 4. The van der Waals surface area contributed by atoms with Crippen LogP contribution in [0.1, 0.15) is 65.0 Å². The molecule has 1 amide bonds. The van der Waals surface area contributed by atoms with Gasteiger partial charge in [-0.15, -0.1) is 0 Å². The van der Waals surface area contributed by atoms with E-state index < -0.39 is 17.6 Å². The quantitative estimate of drug-likeness (QED) is 0.380. The number of carbonyl (C=O) groups excluding carboxylic acids is 3. The summed E-state index contributed by atoms with van der Waals surface area (Å²) in [5.41, 5.74) is 0.432. The predicted octanol–water partition coefficient (Wildman–Crippen LogP) is 3.92. The second kappa shape index (κ2) is 8.25. The second-order valence-electron chi connectivity index (χ2n) is 10.9. The maximum Gasteiger partial charge on any atom is 0.340 e. The van der Waals surface area contributed by atoms with Crippen LogP contribution in [-0.2, 0) is 20.8 Å². The van der Waals surface area contributed by atoms with Gasteiger partial charge in [0.25, 0.3) is 0 Å². The zero-order valence-corrected chi connectivity index (χ0v) is 20.6. The van der Waals surface area contributed by atoms with Gasteiger partial charge in [0, 0.05) is 31.8 Å². The van der Waals surface area contributed by atoms with Crippen molar-refractivity contribution in [3.05, 3.63) is 33.7 Å². The second-order valence-corrected chi connectivity index (χ2v) is 10.9. The molecule has 2 atom stereocenters. The standard InChI is InChI=1S/C26H31NO7/c1-14-18-7-8-20(32-15(2)28)23(33-16(3)29)22(18)34-24(31)19(14)9-21(30)27-13-26(6)11-17(27)10-25(4,5)12-26/h7-8,17H,9-13H2,1-6H3/t17-,26+/m1/s1. The number of aryl methyl sites for hydroxylation is 1. The first-order chi connectivity index (χ1) is 15.8. The summed E-state index contributed by atoms with van der Waals surface area (Å²) < 4.78 is 15.9. The van der Waals surface area contributed by atoms with Gasteiger partial charge in [-0.3, -0.25) is 14.4 Å². The Balaban J connectivity index is 1.70. The molecule has 2 heterocycles. The van der Waals surface area contributed by atoms with Crippen LogP contribution in [0.25, 0.3) is 11.0 Å². The lowest BCUT2D eigenvalue weighted by atomic mass is 9.65. The number of hydrogen-bond acceptors (Lipinski definition) is 7. The van der Waals surface area contributed by atoms with Crippen LogP contribution in [0.15, 0.2) is 21.3 Å². The number of benzene rings is 1. The zero-order valence-electron chi connectivity index (χ0n) is 20.6. The van der Waals surface area contributed by atoms with Crippen LogP contribution >= 0.6 is 0 Å². The van der Waals surface area contributed by atoms with Crippen molar-refractivity contribution in [2.45, 2.75) is 73.3 Å². The van der Waals surface area contributed by atoms with Crippen molar-refractivity contribution in [1.29, 1.82) is 0 Å². The van der Waals surface area contributed by atoms with E-state index in [1.54, 1.807) is 13.0 Å². The third-order valence-corrected chi connectivity index (χ3v) is 6.94. The topological polar surface area (TPSA) is 103 Å². The van der Waals surface area contributed by atoms with Gasteiger partial charge in [-0.1, -0.05) is 20.8 Å². The highest BCUT2D eigenvalue weighted by atomic mass is 16.6. The summed E-state index contributed by atoms with van der Waals surface area (Å²) in [4.78, 5) is 51.4. The Bertz CT molecular complexity index is 1260. The smallest absolute Gasteiger partial charge is 0.340 e. The molecule has 2 bridgehead atoms. The van der Waals surface area contributed by atoms with E-state index in [0.29, 0.717) is 17.5 Å². The molecule has 0 radical (unpaired) electrons. The fraction of sp³-hybridized carbons (Fsp3) is 0.538. The molecule has 34 heavy (non-hydrogen) atoms. The summed E-state index contributed by atoms with van der Waals surface area (Å²) in [6.07, 6.45) is 2.94. The Hall–Kier alpha value is -3.16. The van der Waals surface area contributed by atoms with Gasteiger partial charge in [0.05, 0.1) is 12.0 Å². The first-order valence-corrected chi connectivity index (χ1v) is 11.5. The average Bonchev–Trinajstić information content (AvgIpc) is 2.95. The molecule has 4 rings (SSSR count). The number of esters is 2. The summed E-state index contributed by atoms with van der Waals surface area (Å²) in [6.45, 7) is 11.6. The Kier molecular flexibility index (Phi) is 5.82. The summed E-state index contributed by atoms with van der Waals surface area (Å²) in [5, 5.41) is 0.503. The van der Waals surface area contributed by atoms with E-state index in [-0.39, 0.29) is 51.8 Å². The number of amides is 1. The molecule has 2 aliphatic rings. The minimum Gasteiger partial charge on any atom is -0.423 e. The SMILES string of the molecule is CC(=O)Oc1ccc2c(C)c(CC(=O)N3C[C@@]4(C)C[C@H]3CC(C)(C)C4)c(=O)oc2c1OC(C)=O. The molecule has 2 aromatic rings. The molecular formula is C26H31NO7. The van der Waals surface area contributed by atoms with Crippen LogP contribution in [0.5, 0.6) is 11.5 Å². The highest BCUT2D eigenvalue weighted by Gasteiger charge is 2.50. The first-order valence-electron chi connectivity index (χ1n) is 11.5. The Morgan fingerprint density at radius 2 is 1.76 bits per heavy atom. The number of hydrogen-bond donors (Lipinski definition) is 0. The van der Waals surface area contributed by atoms with Gasteiger partial charge in [0.1, 0.15) is 0 Å². The fourth-order valence-corrected chi connectivity index (χ4v) is 6.10. The lowest BCUT2D eigenvalue weighted by molar-refractivity contribution is -0.134. The van der Waals surface area contributed by atoms with Gasteiger partial charge in [0.15, 0.2) is 11.3 Å². The monoisotopic (exact) mass is 469 g/mol. The third kappa shape index (κ3) is 4.45.